The molecule has 4 rings (SSSR count). The molecule has 0 aliphatic rings. The van der Waals surface area contributed by atoms with Crippen molar-refractivity contribution in [3.63, 3.8) is 0 Å². The number of thioether (sulfide) groups is 1. The molecule has 0 unspecified atom stereocenters. The number of hydrogen-bond acceptors (Lipinski definition) is 6. The normalized spacial score (nSPS) is 10.7. The molecule has 8 heteroatoms. The highest BCUT2D eigenvalue weighted by atomic mass is 32.2. The van der Waals surface area contributed by atoms with E-state index in [0.29, 0.717) is 10.3 Å². The van der Waals surface area contributed by atoms with Crippen molar-refractivity contribution in [2.75, 3.05) is 11.1 Å². The van der Waals surface area contributed by atoms with Crippen molar-refractivity contribution in [3.05, 3.63) is 72.4 Å². The minimum absolute atomic E-state index is 0.128. The fourth-order valence-corrected chi connectivity index (χ4v) is 3.91. The molecular formula is C19H15N5OS2. The number of amides is 1. The molecule has 0 aliphatic carbocycles. The Balaban J connectivity index is 1.37. The second-order valence-electron chi connectivity index (χ2n) is 5.56. The van der Waals surface area contributed by atoms with Gasteiger partial charge in [-0.1, -0.05) is 60.3 Å². The highest BCUT2D eigenvalue weighted by Crippen LogP contribution is 2.25. The zero-order valence-electron chi connectivity index (χ0n) is 14.1. The summed E-state index contributed by atoms with van der Waals surface area (Å²) >= 11 is 2.74. The Labute approximate surface area is 164 Å². The quantitative estimate of drug-likeness (QED) is 0.499. The predicted octanol–water partition coefficient (Wildman–Crippen LogP) is 4.12. The van der Waals surface area contributed by atoms with Crippen molar-refractivity contribution in [2.24, 2.45) is 0 Å². The van der Waals surface area contributed by atoms with Crippen LogP contribution in [0.2, 0.25) is 0 Å². The van der Waals surface area contributed by atoms with Crippen LogP contribution in [0.3, 0.4) is 0 Å². The van der Waals surface area contributed by atoms with Gasteiger partial charge in [-0.3, -0.25) is 9.36 Å². The lowest BCUT2D eigenvalue weighted by molar-refractivity contribution is -0.113. The van der Waals surface area contributed by atoms with E-state index in [-0.39, 0.29) is 11.7 Å². The van der Waals surface area contributed by atoms with Gasteiger partial charge in [0.05, 0.1) is 11.4 Å². The first-order chi connectivity index (χ1) is 13.3. The molecule has 0 bridgehead atoms. The maximum Gasteiger partial charge on any atom is 0.236 e. The fourth-order valence-electron chi connectivity index (χ4n) is 2.45. The molecule has 2 aromatic heterocycles. The number of carbonyl (C=O) groups excluding carboxylic acids is 1. The van der Waals surface area contributed by atoms with Crippen LogP contribution in [-0.4, -0.2) is 31.4 Å². The van der Waals surface area contributed by atoms with Crippen molar-refractivity contribution in [2.45, 2.75) is 5.16 Å². The molecule has 0 saturated heterocycles. The van der Waals surface area contributed by atoms with Crippen molar-refractivity contribution >= 4 is 34.1 Å². The van der Waals surface area contributed by atoms with E-state index in [9.17, 15) is 4.79 Å². The highest BCUT2D eigenvalue weighted by Gasteiger charge is 2.12. The molecule has 4 aromatic rings. The van der Waals surface area contributed by atoms with E-state index < -0.39 is 0 Å². The topological polar surface area (TPSA) is 72.7 Å². The van der Waals surface area contributed by atoms with E-state index in [4.69, 9.17) is 0 Å². The molecule has 2 aromatic carbocycles. The molecule has 0 fully saturated rings. The first-order valence-electron chi connectivity index (χ1n) is 8.18. The molecule has 0 radical (unpaired) electrons. The maximum atomic E-state index is 12.3. The van der Waals surface area contributed by atoms with Crippen LogP contribution < -0.4 is 5.32 Å². The third-order valence-corrected chi connectivity index (χ3v) is 5.40. The van der Waals surface area contributed by atoms with E-state index in [1.165, 1.54) is 23.1 Å². The Morgan fingerprint density at radius 3 is 2.59 bits per heavy atom. The van der Waals surface area contributed by atoms with Crippen molar-refractivity contribution in [3.8, 4) is 16.9 Å². The van der Waals surface area contributed by atoms with Crippen LogP contribution >= 0.6 is 23.1 Å². The summed E-state index contributed by atoms with van der Waals surface area (Å²) in [4.78, 5) is 16.8. The molecule has 0 spiro atoms. The van der Waals surface area contributed by atoms with Gasteiger partial charge in [-0.25, -0.2) is 4.98 Å². The van der Waals surface area contributed by atoms with E-state index in [2.05, 4.69) is 20.5 Å². The number of nitrogens with one attached hydrogen (secondary N) is 1. The summed E-state index contributed by atoms with van der Waals surface area (Å²) in [5, 5.41) is 14.1. The number of nitrogens with zero attached hydrogens (tertiary/aromatic N) is 4. The van der Waals surface area contributed by atoms with Gasteiger partial charge in [0.1, 0.15) is 6.33 Å². The summed E-state index contributed by atoms with van der Waals surface area (Å²) in [6.45, 7) is 0. The molecule has 6 nitrogen and oxygen atoms in total. The van der Waals surface area contributed by atoms with Gasteiger partial charge < -0.3 is 5.32 Å². The summed E-state index contributed by atoms with van der Waals surface area (Å²) < 4.78 is 1.86. The number of anilines is 1. The monoisotopic (exact) mass is 393 g/mol. The summed E-state index contributed by atoms with van der Waals surface area (Å²) in [6.07, 6.45) is 1.64. The van der Waals surface area contributed by atoms with E-state index >= 15 is 0 Å². The Morgan fingerprint density at radius 2 is 1.81 bits per heavy atom. The average Bonchev–Trinajstić information content (AvgIpc) is 3.37. The van der Waals surface area contributed by atoms with E-state index in [0.717, 1.165) is 16.9 Å². The largest absolute Gasteiger partial charge is 0.301 e. The van der Waals surface area contributed by atoms with Crippen molar-refractivity contribution in [1.82, 2.24) is 19.7 Å². The van der Waals surface area contributed by atoms with Crippen LogP contribution in [0, 0.1) is 0 Å². The number of para-hydroxylation sites is 1. The number of benzene rings is 2. The molecule has 1 amide bonds. The lowest BCUT2D eigenvalue weighted by atomic mass is 10.2. The van der Waals surface area contributed by atoms with Crippen LogP contribution in [0.15, 0.2) is 77.5 Å². The van der Waals surface area contributed by atoms with Crippen LogP contribution in [0.4, 0.5) is 5.13 Å². The third kappa shape index (κ3) is 4.24. The zero-order valence-corrected chi connectivity index (χ0v) is 15.8. The number of thiazole rings is 1. The summed E-state index contributed by atoms with van der Waals surface area (Å²) in [7, 11) is 0. The zero-order chi connectivity index (χ0) is 18.5. The van der Waals surface area contributed by atoms with Gasteiger partial charge in [0, 0.05) is 16.6 Å². The minimum atomic E-state index is -0.128. The Kier molecular flexibility index (Phi) is 5.27. The first-order valence-corrected chi connectivity index (χ1v) is 10.1. The van der Waals surface area contributed by atoms with Gasteiger partial charge >= 0.3 is 0 Å². The van der Waals surface area contributed by atoms with Gasteiger partial charge in [0.15, 0.2) is 10.3 Å². The summed E-state index contributed by atoms with van der Waals surface area (Å²) in [5.41, 5.74) is 2.84. The van der Waals surface area contributed by atoms with Gasteiger partial charge in [0.25, 0.3) is 0 Å². The van der Waals surface area contributed by atoms with Gasteiger partial charge in [-0.2, -0.15) is 0 Å². The third-order valence-electron chi connectivity index (χ3n) is 3.70. The molecule has 1 N–H and O–H groups in total. The number of aromatic nitrogens is 4. The van der Waals surface area contributed by atoms with Gasteiger partial charge in [-0.05, 0) is 12.1 Å². The second kappa shape index (κ2) is 8.15. The van der Waals surface area contributed by atoms with E-state index in [1.54, 1.807) is 6.33 Å². The van der Waals surface area contributed by atoms with Gasteiger partial charge in [-0.15, -0.1) is 21.5 Å². The summed E-state index contributed by atoms with van der Waals surface area (Å²) in [5.74, 6) is 0.0998. The molecule has 0 aliphatic heterocycles. The molecule has 0 saturated carbocycles. The number of carbonyl (C=O) groups is 1. The first kappa shape index (κ1) is 17.4. The van der Waals surface area contributed by atoms with Crippen LogP contribution in [-0.2, 0) is 4.79 Å². The maximum absolute atomic E-state index is 12.3. The molecule has 0 atom stereocenters. The molecule has 27 heavy (non-hydrogen) atoms. The number of rotatable bonds is 6. The fraction of sp³-hybridized carbons (Fsp3) is 0.0526. The van der Waals surface area contributed by atoms with Gasteiger partial charge in [0.2, 0.25) is 5.91 Å². The Hall–Kier alpha value is -2.97. The number of hydrogen-bond donors (Lipinski definition) is 1. The van der Waals surface area contributed by atoms with Crippen molar-refractivity contribution in [1.29, 1.82) is 0 Å². The Morgan fingerprint density at radius 1 is 1.07 bits per heavy atom. The van der Waals surface area contributed by atoms with Crippen molar-refractivity contribution < 1.29 is 4.79 Å². The SMILES string of the molecule is O=C(CSc1nncn1-c1ccccc1)Nc1nc(-c2ccccc2)cs1. The molecular weight excluding hydrogens is 378 g/mol. The Bertz CT molecular complexity index is 1030. The average molecular weight is 393 g/mol. The highest BCUT2D eigenvalue weighted by molar-refractivity contribution is 7.99. The summed E-state index contributed by atoms with van der Waals surface area (Å²) in [6, 6.07) is 19.7. The predicted molar refractivity (Wildman–Crippen MR) is 108 cm³/mol. The van der Waals surface area contributed by atoms with E-state index in [1.807, 2.05) is 70.6 Å². The molecule has 134 valence electrons. The van der Waals surface area contributed by atoms with Crippen LogP contribution in [0.5, 0.6) is 0 Å². The lowest BCUT2D eigenvalue weighted by Crippen LogP contribution is -2.14. The standard InChI is InChI=1S/C19H15N5OS2/c25-17(22-18-21-16(11-26-18)14-7-3-1-4-8-14)12-27-19-23-20-13-24(19)15-9-5-2-6-10-15/h1-11,13H,12H2,(H,21,22,25). The second-order valence-corrected chi connectivity index (χ2v) is 7.36. The molecule has 2 heterocycles. The lowest BCUT2D eigenvalue weighted by Gasteiger charge is -2.05. The smallest absolute Gasteiger partial charge is 0.236 e. The van der Waals surface area contributed by atoms with Crippen LogP contribution in [0.25, 0.3) is 16.9 Å². The minimum Gasteiger partial charge on any atom is -0.301 e. The van der Waals surface area contributed by atoms with Crippen LogP contribution in [0.1, 0.15) is 0 Å².